The van der Waals surface area contributed by atoms with Crippen LogP contribution in [0.15, 0.2) is 24.3 Å². The lowest BCUT2D eigenvalue weighted by Crippen LogP contribution is -2.39. The van der Waals surface area contributed by atoms with E-state index in [4.69, 9.17) is 5.73 Å². The molecule has 1 aromatic carbocycles. The van der Waals surface area contributed by atoms with E-state index in [0.29, 0.717) is 12.1 Å². The molecule has 0 spiro atoms. The first-order valence-corrected chi connectivity index (χ1v) is 5.19. The molecule has 0 heterocycles. The summed E-state index contributed by atoms with van der Waals surface area (Å²) < 4.78 is 0. The van der Waals surface area contributed by atoms with E-state index in [-0.39, 0.29) is 30.0 Å². The smallest absolute Gasteiger partial charge is 0.269 e. The molecule has 1 unspecified atom stereocenters. The largest absolute Gasteiger partial charge is 0.338 e. The molecule has 0 aromatic heterocycles. The van der Waals surface area contributed by atoms with Crippen LogP contribution in [0, 0.1) is 10.1 Å². The Morgan fingerprint density at radius 1 is 1.44 bits per heavy atom. The number of nitrogens with two attached hydrogens (primary N) is 1. The average molecular weight is 274 g/mol. The summed E-state index contributed by atoms with van der Waals surface area (Å²) in [5.41, 5.74) is 5.85. The molecule has 1 aromatic rings. The lowest BCUT2D eigenvalue weighted by Gasteiger charge is -2.23. The van der Waals surface area contributed by atoms with Gasteiger partial charge in [0.25, 0.3) is 11.6 Å². The zero-order valence-electron chi connectivity index (χ0n) is 10.2. The number of benzene rings is 1. The van der Waals surface area contributed by atoms with Gasteiger partial charge in [0.15, 0.2) is 0 Å². The van der Waals surface area contributed by atoms with Crippen LogP contribution in [0.2, 0.25) is 0 Å². The fourth-order valence-corrected chi connectivity index (χ4v) is 1.29. The zero-order valence-corrected chi connectivity index (χ0v) is 11.0. The SMILES string of the molecule is CC(CN)N(C)C(=O)c1ccc([N+](=O)[O-])cc1.Cl. The third-order valence-electron chi connectivity index (χ3n) is 2.65. The molecule has 0 saturated heterocycles. The fraction of sp³-hybridized carbons (Fsp3) is 0.364. The number of nitrogens with zero attached hydrogens (tertiary/aromatic N) is 2. The molecule has 1 rings (SSSR count). The van der Waals surface area contributed by atoms with E-state index in [9.17, 15) is 14.9 Å². The van der Waals surface area contributed by atoms with Gasteiger partial charge in [0, 0.05) is 37.3 Å². The third kappa shape index (κ3) is 3.68. The number of carbonyl (C=O) groups is 1. The van der Waals surface area contributed by atoms with Crippen LogP contribution in [0.1, 0.15) is 17.3 Å². The molecule has 100 valence electrons. The molecule has 0 saturated carbocycles. The fourth-order valence-electron chi connectivity index (χ4n) is 1.29. The number of hydrogen-bond acceptors (Lipinski definition) is 4. The first-order valence-electron chi connectivity index (χ1n) is 5.19. The van der Waals surface area contributed by atoms with Crippen LogP contribution < -0.4 is 5.73 Å². The Morgan fingerprint density at radius 3 is 2.33 bits per heavy atom. The van der Waals surface area contributed by atoms with E-state index in [1.807, 2.05) is 6.92 Å². The minimum atomic E-state index is -0.500. The van der Waals surface area contributed by atoms with E-state index in [1.165, 1.54) is 29.2 Å². The van der Waals surface area contributed by atoms with Gasteiger partial charge in [-0.05, 0) is 19.1 Å². The van der Waals surface area contributed by atoms with Gasteiger partial charge >= 0.3 is 0 Å². The van der Waals surface area contributed by atoms with Crippen LogP contribution in [-0.4, -0.2) is 35.4 Å². The molecule has 1 atom stereocenters. The van der Waals surface area contributed by atoms with Gasteiger partial charge in [-0.25, -0.2) is 0 Å². The van der Waals surface area contributed by atoms with Crippen LogP contribution in [0.3, 0.4) is 0 Å². The van der Waals surface area contributed by atoms with E-state index in [0.717, 1.165) is 0 Å². The highest BCUT2D eigenvalue weighted by Gasteiger charge is 2.17. The first-order chi connectivity index (χ1) is 7.97. The summed E-state index contributed by atoms with van der Waals surface area (Å²) in [6, 6.07) is 5.45. The summed E-state index contributed by atoms with van der Waals surface area (Å²) in [6.45, 7) is 2.21. The molecular weight excluding hydrogens is 258 g/mol. The van der Waals surface area contributed by atoms with Crippen molar-refractivity contribution in [2.45, 2.75) is 13.0 Å². The molecule has 0 radical (unpaired) electrons. The van der Waals surface area contributed by atoms with Crippen LogP contribution in [0.25, 0.3) is 0 Å². The van der Waals surface area contributed by atoms with Crippen molar-refractivity contribution in [1.82, 2.24) is 4.90 Å². The maximum atomic E-state index is 11.9. The monoisotopic (exact) mass is 273 g/mol. The van der Waals surface area contributed by atoms with Crippen molar-refractivity contribution in [3.63, 3.8) is 0 Å². The Hall–Kier alpha value is -1.66. The average Bonchev–Trinajstić information content (AvgIpc) is 2.36. The number of carbonyl (C=O) groups excluding carboxylic acids is 1. The molecule has 18 heavy (non-hydrogen) atoms. The highest BCUT2D eigenvalue weighted by atomic mass is 35.5. The maximum absolute atomic E-state index is 11.9. The van der Waals surface area contributed by atoms with Crippen molar-refractivity contribution in [2.24, 2.45) is 5.73 Å². The number of nitro groups is 1. The van der Waals surface area contributed by atoms with Crippen LogP contribution in [0.5, 0.6) is 0 Å². The van der Waals surface area contributed by atoms with Crippen molar-refractivity contribution in [2.75, 3.05) is 13.6 Å². The third-order valence-corrected chi connectivity index (χ3v) is 2.65. The molecule has 0 aliphatic rings. The van der Waals surface area contributed by atoms with Crippen LogP contribution >= 0.6 is 12.4 Å². The van der Waals surface area contributed by atoms with Crippen molar-refractivity contribution in [3.8, 4) is 0 Å². The highest BCUT2D eigenvalue weighted by molar-refractivity contribution is 5.94. The molecule has 0 aliphatic carbocycles. The van der Waals surface area contributed by atoms with Gasteiger partial charge in [0.1, 0.15) is 0 Å². The normalized spacial score (nSPS) is 11.3. The van der Waals surface area contributed by atoms with Gasteiger partial charge < -0.3 is 10.6 Å². The van der Waals surface area contributed by atoms with E-state index in [1.54, 1.807) is 7.05 Å². The molecule has 0 fully saturated rings. The van der Waals surface area contributed by atoms with Crippen LogP contribution in [-0.2, 0) is 0 Å². The number of amides is 1. The molecule has 1 amide bonds. The summed E-state index contributed by atoms with van der Waals surface area (Å²) >= 11 is 0. The lowest BCUT2D eigenvalue weighted by molar-refractivity contribution is -0.384. The quantitative estimate of drug-likeness (QED) is 0.664. The number of halogens is 1. The molecular formula is C11H16ClN3O3. The Labute approximate surface area is 111 Å². The number of rotatable bonds is 4. The van der Waals surface area contributed by atoms with Gasteiger partial charge in [-0.2, -0.15) is 0 Å². The number of nitro benzene ring substituents is 1. The highest BCUT2D eigenvalue weighted by Crippen LogP contribution is 2.13. The lowest BCUT2D eigenvalue weighted by atomic mass is 10.1. The summed E-state index contributed by atoms with van der Waals surface area (Å²) in [6.07, 6.45) is 0. The van der Waals surface area contributed by atoms with Crippen LogP contribution in [0.4, 0.5) is 5.69 Å². The van der Waals surface area contributed by atoms with Crippen molar-refractivity contribution in [1.29, 1.82) is 0 Å². The predicted molar refractivity (Wildman–Crippen MR) is 71.0 cm³/mol. The molecule has 0 bridgehead atoms. The van der Waals surface area contributed by atoms with Crippen molar-refractivity contribution >= 4 is 24.0 Å². The van der Waals surface area contributed by atoms with Crippen molar-refractivity contribution < 1.29 is 9.72 Å². The van der Waals surface area contributed by atoms with Crippen molar-refractivity contribution in [3.05, 3.63) is 39.9 Å². The zero-order chi connectivity index (χ0) is 13.0. The Bertz CT molecular complexity index is 422. The second-order valence-electron chi connectivity index (χ2n) is 3.80. The molecule has 6 nitrogen and oxygen atoms in total. The minimum absolute atomic E-state index is 0. The second kappa shape index (κ2) is 6.93. The minimum Gasteiger partial charge on any atom is -0.338 e. The number of likely N-dealkylation sites (N-methyl/N-ethyl adjacent to an activating group) is 1. The number of non-ortho nitro benzene ring substituents is 1. The van der Waals surface area contributed by atoms with Gasteiger partial charge in [0.2, 0.25) is 0 Å². The van der Waals surface area contributed by atoms with E-state index >= 15 is 0 Å². The van der Waals surface area contributed by atoms with Gasteiger partial charge in [-0.3, -0.25) is 14.9 Å². The maximum Gasteiger partial charge on any atom is 0.269 e. The van der Waals surface area contributed by atoms with Gasteiger partial charge in [-0.15, -0.1) is 12.4 Å². The predicted octanol–water partition coefficient (Wildman–Crippen LogP) is 1.44. The number of hydrogen-bond donors (Lipinski definition) is 1. The standard InChI is InChI=1S/C11H15N3O3.ClH/c1-8(7-12)13(2)11(15)9-3-5-10(6-4-9)14(16)17;/h3-6,8H,7,12H2,1-2H3;1H. The Morgan fingerprint density at radius 2 is 1.94 bits per heavy atom. The Balaban J connectivity index is 0.00000289. The van der Waals surface area contributed by atoms with E-state index in [2.05, 4.69) is 0 Å². The van der Waals surface area contributed by atoms with Gasteiger partial charge in [0.05, 0.1) is 4.92 Å². The molecule has 0 aliphatic heterocycles. The second-order valence-corrected chi connectivity index (χ2v) is 3.80. The molecule has 2 N–H and O–H groups in total. The topological polar surface area (TPSA) is 89.5 Å². The Kier molecular flexibility index (Phi) is 6.29. The summed E-state index contributed by atoms with van der Waals surface area (Å²) in [5.74, 6) is -0.196. The first kappa shape index (κ1) is 16.3. The van der Waals surface area contributed by atoms with E-state index < -0.39 is 4.92 Å². The molecule has 7 heteroatoms. The van der Waals surface area contributed by atoms with Gasteiger partial charge in [-0.1, -0.05) is 0 Å². The summed E-state index contributed by atoms with van der Waals surface area (Å²) in [7, 11) is 1.65. The summed E-state index contributed by atoms with van der Waals surface area (Å²) in [5, 5.41) is 10.5. The summed E-state index contributed by atoms with van der Waals surface area (Å²) in [4.78, 5) is 23.4.